The average Bonchev–Trinajstić information content (AvgIpc) is 2.82. The Morgan fingerprint density at radius 2 is 2.04 bits per heavy atom. The number of carbonyl (C=O) groups is 1. The minimum Gasteiger partial charge on any atom is -0.508 e. The van der Waals surface area contributed by atoms with Crippen LogP contribution in [-0.2, 0) is 19.2 Å². The molecule has 1 aromatic carbocycles. The highest BCUT2D eigenvalue weighted by Gasteiger charge is 2.34. The van der Waals surface area contributed by atoms with E-state index in [0.29, 0.717) is 5.56 Å². The molecule has 0 unspecified atom stereocenters. The number of carbonyl (C=O) groups excluding carboxylic acids is 1. The maximum atomic E-state index is 13.0. The summed E-state index contributed by atoms with van der Waals surface area (Å²) in [7, 11) is 0. The summed E-state index contributed by atoms with van der Waals surface area (Å²) in [6.07, 6.45) is -2.10. The Kier molecular flexibility index (Phi) is 3.88. The number of aromatic hydroxyl groups is 1. The van der Waals surface area contributed by atoms with Gasteiger partial charge in [-0.1, -0.05) is 0 Å². The molecular formula is C17H12F3NO3. The summed E-state index contributed by atoms with van der Waals surface area (Å²) in [6.45, 7) is -0.398. The monoisotopic (exact) mass is 335 g/mol. The Labute approximate surface area is 134 Å². The van der Waals surface area contributed by atoms with Crippen LogP contribution in [0.25, 0.3) is 6.08 Å². The largest absolute Gasteiger partial charge is 0.508 e. The van der Waals surface area contributed by atoms with Crippen LogP contribution in [0.15, 0.2) is 36.0 Å². The molecule has 124 valence electrons. The first-order valence-electron chi connectivity index (χ1n) is 7.04. The second-order valence-electron chi connectivity index (χ2n) is 5.41. The number of halogens is 3. The van der Waals surface area contributed by atoms with E-state index >= 15 is 0 Å². The highest BCUT2D eigenvalue weighted by atomic mass is 19.4. The standard InChI is InChI=1S/C17H12F3NO3/c18-17(19,20)13-2-1-3-21-14(13)6-10-4-9-5-11(8-22)15(23)7-12(9)16(10)24/h1-3,5-7,22-23H,4,8H2. The van der Waals surface area contributed by atoms with Gasteiger partial charge >= 0.3 is 6.18 Å². The number of phenols is 1. The van der Waals surface area contributed by atoms with Crippen LogP contribution in [0.3, 0.4) is 0 Å². The van der Waals surface area contributed by atoms with Crippen LogP contribution < -0.4 is 0 Å². The fraction of sp³-hybridized carbons (Fsp3) is 0.176. The van der Waals surface area contributed by atoms with Crippen molar-refractivity contribution in [2.45, 2.75) is 19.2 Å². The van der Waals surface area contributed by atoms with Crippen molar-refractivity contribution in [2.24, 2.45) is 0 Å². The summed E-state index contributed by atoms with van der Waals surface area (Å²) in [4.78, 5) is 16.1. The van der Waals surface area contributed by atoms with Gasteiger partial charge in [-0.15, -0.1) is 0 Å². The third kappa shape index (κ3) is 2.78. The molecule has 0 fully saturated rings. The van der Waals surface area contributed by atoms with Crippen molar-refractivity contribution in [3.05, 3.63) is 64.0 Å². The molecule has 2 N–H and O–H groups in total. The number of fused-ring (bicyclic) bond motifs is 1. The number of ketones is 1. The summed E-state index contributed by atoms with van der Waals surface area (Å²) in [6, 6.07) is 4.79. The van der Waals surface area contributed by atoms with Crippen molar-refractivity contribution in [3.8, 4) is 5.75 Å². The molecule has 1 aliphatic rings. The van der Waals surface area contributed by atoms with Crippen LogP contribution in [0, 0.1) is 0 Å². The molecular weight excluding hydrogens is 323 g/mol. The summed E-state index contributed by atoms with van der Waals surface area (Å²) >= 11 is 0. The maximum absolute atomic E-state index is 13.0. The summed E-state index contributed by atoms with van der Waals surface area (Å²) in [5, 5.41) is 18.9. The normalized spacial score (nSPS) is 15.8. The fourth-order valence-electron chi connectivity index (χ4n) is 2.68. The number of pyridine rings is 1. The number of Topliss-reactive ketones (excluding diaryl/α,β-unsaturated/α-hetero) is 1. The molecule has 3 rings (SSSR count). The summed E-state index contributed by atoms with van der Waals surface area (Å²) < 4.78 is 39.1. The molecule has 7 heteroatoms. The van der Waals surface area contributed by atoms with Gasteiger partial charge in [0.15, 0.2) is 5.78 Å². The third-order valence-corrected chi connectivity index (χ3v) is 3.85. The molecule has 24 heavy (non-hydrogen) atoms. The zero-order valence-electron chi connectivity index (χ0n) is 12.3. The second kappa shape index (κ2) is 5.76. The van der Waals surface area contributed by atoms with E-state index < -0.39 is 24.1 Å². The molecule has 0 bridgehead atoms. The predicted molar refractivity (Wildman–Crippen MR) is 79.3 cm³/mol. The van der Waals surface area contributed by atoms with E-state index in [1.54, 1.807) is 0 Å². The van der Waals surface area contributed by atoms with Crippen LogP contribution in [0.1, 0.15) is 32.7 Å². The lowest BCUT2D eigenvalue weighted by molar-refractivity contribution is -0.138. The first-order chi connectivity index (χ1) is 11.3. The number of allylic oxidation sites excluding steroid dienone is 1. The van der Waals surface area contributed by atoms with Crippen molar-refractivity contribution < 1.29 is 28.2 Å². The number of aliphatic hydroxyl groups is 1. The number of benzene rings is 1. The molecule has 2 aromatic rings. The molecule has 0 saturated carbocycles. The summed E-state index contributed by atoms with van der Waals surface area (Å²) in [5.74, 6) is -0.678. The van der Waals surface area contributed by atoms with Gasteiger partial charge in [-0.3, -0.25) is 9.78 Å². The van der Waals surface area contributed by atoms with E-state index in [2.05, 4.69) is 4.98 Å². The van der Waals surface area contributed by atoms with Crippen LogP contribution in [0.4, 0.5) is 13.2 Å². The van der Waals surface area contributed by atoms with Crippen molar-refractivity contribution in [1.82, 2.24) is 4.98 Å². The van der Waals surface area contributed by atoms with Gasteiger partial charge in [0.1, 0.15) is 5.75 Å². The Bertz CT molecular complexity index is 857. The number of aliphatic hydroxyl groups excluding tert-OH is 1. The number of rotatable bonds is 2. The molecule has 0 amide bonds. The van der Waals surface area contributed by atoms with E-state index in [0.717, 1.165) is 12.1 Å². The molecule has 0 aliphatic heterocycles. The number of alkyl halides is 3. The zero-order chi connectivity index (χ0) is 17.5. The van der Waals surface area contributed by atoms with Crippen molar-refractivity contribution >= 4 is 11.9 Å². The molecule has 1 aromatic heterocycles. The Balaban J connectivity index is 2.04. The highest BCUT2D eigenvalue weighted by molar-refractivity contribution is 6.15. The third-order valence-electron chi connectivity index (χ3n) is 3.85. The lowest BCUT2D eigenvalue weighted by atomic mass is 10.1. The molecule has 0 atom stereocenters. The van der Waals surface area contributed by atoms with Gasteiger partial charge in [-0.25, -0.2) is 0 Å². The molecule has 4 nitrogen and oxygen atoms in total. The minimum atomic E-state index is -4.57. The van der Waals surface area contributed by atoms with Crippen LogP contribution in [0.2, 0.25) is 0 Å². The number of aromatic nitrogens is 1. The number of nitrogens with zero attached hydrogens (tertiary/aromatic N) is 1. The lowest BCUT2D eigenvalue weighted by Crippen LogP contribution is -2.09. The Hall–Kier alpha value is -2.67. The van der Waals surface area contributed by atoms with E-state index in [9.17, 15) is 23.1 Å². The Morgan fingerprint density at radius 1 is 1.29 bits per heavy atom. The predicted octanol–water partition coefficient (Wildman–Crippen LogP) is 3.12. The fourth-order valence-corrected chi connectivity index (χ4v) is 2.68. The van der Waals surface area contributed by atoms with Crippen LogP contribution >= 0.6 is 0 Å². The maximum Gasteiger partial charge on any atom is 0.418 e. The second-order valence-corrected chi connectivity index (χ2v) is 5.41. The lowest BCUT2D eigenvalue weighted by Gasteiger charge is -2.09. The number of hydrogen-bond acceptors (Lipinski definition) is 4. The minimum absolute atomic E-state index is 0.120. The van der Waals surface area contributed by atoms with Gasteiger partial charge in [0, 0.05) is 29.3 Å². The van der Waals surface area contributed by atoms with Crippen molar-refractivity contribution in [2.75, 3.05) is 0 Å². The molecule has 0 radical (unpaired) electrons. The van der Waals surface area contributed by atoms with E-state index in [4.69, 9.17) is 5.11 Å². The molecule has 1 aliphatic carbocycles. The van der Waals surface area contributed by atoms with Gasteiger partial charge in [-0.2, -0.15) is 13.2 Å². The average molecular weight is 335 g/mol. The van der Waals surface area contributed by atoms with Gasteiger partial charge in [-0.05, 0) is 35.9 Å². The molecule has 0 spiro atoms. The van der Waals surface area contributed by atoms with Crippen LogP contribution in [0.5, 0.6) is 5.75 Å². The molecule has 0 saturated heterocycles. The van der Waals surface area contributed by atoms with Gasteiger partial charge in [0.05, 0.1) is 17.9 Å². The highest BCUT2D eigenvalue weighted by Crippen LogP contribution is 2.35. The zero-order valence-corrected chi connectivity index (χ0v) is 12.3. The topological polar surface area (TPSA) is 70.4 Å². The van der Waals surface area contributed by atoms with Crippen molar-refractivity contribution in [3.63, 3.8) is 0 Å². The van der Waals surface area contributed by atoms with Crippen molar-refractivity contribution in [1.29, 1.82) is 0 Å². The number of hydrogen-bond donors (Lipinski definition) is 2. The summed E-state index contributed by atoms with van der Waals surface area (Å²) in [5.41, 5.74) is -0.0498. The SMILES string of the molecule is O=C1C(=Cc2ncccc2C(F)(F)F)Cc2cc(CO)c(O)cc21. The first-order valence-corrected chi connectivity index (χ1v) is 7.04. The quantitative estimate of drug-likeness (QED) is 0.827. The van der Waals surface area contributed by atoms with E-state index in [1.165, 1.54) is 24.4 Å². The van der Waals surface area contributed by atoms with Crippen LogP contribution in [-0.4, -0.2) is 21.0 Å². The molecule has 1 heterocycles. The van der Waals surface area contributed by atoms with Gasteiger partial charge in [0.25, 0.3) is 0 Å². The Morgan fingerprint density at radius 3 is 2.71 bits per heavy atom. The first kappa shape index (κ1) is 16.2. The van der Waals surface area contributed by atoms with Gasteiger partial charge < -0.3 is 10.2 Å². The van der Waals surface area contributed by atoms with Gasteiger partial charge in [0.2, 0.25) is 0 Å². The smallest absolute Gasteiger partial charge is 0.418 e. The van der Waals surface area contributed by atoms with E-state index in [1.807, 2.05) is 0 Å². The van der Waals surface area contributed by atoms with E-state index in [-0.39, 0.29) is 34.6 Å².